The number of hydrogen-bond donors (Lipinski definition) is 1. The van der Waals surface area contributed by atoms with E-state index in [1.165, 1.54) is 24.3 Å². The SMILES string of the molecule is CCOc1cc(/C=C2\SC(=O)N(CC(=O)Nc3ccccc3F)C2=O)cc(Br)c1OCc1ccc(Cl)cc1. The molecule has 1 heterocycles. The number of thioether (sulfide) groups is 1. The quantitative estimate of drug-likeness (QED) is 0.263. The van der Waals surface area contributed by atoms with Crippen LogP contribution in [0.3, 0.4) is 0 Å². The van der Waals surface area contributed by atoms with E-state index in [1.54, 1.807) is 30.3 Å². The van der Waals surface area contributed by atoms with Crippen molar-refractivity contribution in [2.24, 2.45) is 0 Å². The fourth-order valence-electron chi connectivity index (χ4n) is 3.49. The number of carbonyl (C=O) groups excluding carboxylic acids is 3. The van der Waals surface area contributed by atoms with Gasteiger partial charge in [0.15, 0.2) is 11.5 Å². The number of ether oxygens (including phenoxy) is 2. The van der Waals surface area contributed by atoms with Crippen LogP contribution in [0, 0.1) is 5.82 Å². The average molecular weight is 620 g/mol. The Morgan fingerprint density at radius 1 is 1.13 bits per heavy atom. The molecular weight excluding hydrogens is 599 g/mol. The molecule has 3 aromatic rings. The van der Waals surface area contributed by atoms with Crippen molar-refractivity contribution in [3.8, 4) is 11.5 Å². The summed E-state index contributed by atoms with van der Waals surface area (Å²) in [5, 5.41) is 2.40. The third-order valence-electron chi connectivity index (χ3n) is 5.25. The molecule has 7 nitrogen and oxygen atoms in total. The predicted octanol–water partition coefficient (Wildman–Crippen LogP) is 6.89. The molecule has 0 radical (unpaired) electrons. The minimum Gasteiger partial charge on any atom is -0.490 e. The molecule has 1 aliphatic rings. The van der Waals surface area contributed by atoms with E-state index in [0.717, 1.165) is 10.5 Å². The number of nitrogens with one attached hydrogen (secondary N) is 1. The number of anilines is 1. The van der Waals surface area contributed by atoms with Crippen LogP contribution in [0.1, 0.15) is 18.1 Å². The monoisotopic (exact) mass is 618 g/mol. The van der Waals surface area contributed by atoms with Gasteiger partial charge >= 0.3 is 0 Å². The van der Waals surface area contributed by atoms with Crippen molar-refractivity contribution in [2.75, 3.05) is 18.5 Å². The van der Waals surface area contributed by atoms with Crippen LogP contribution in [0.5, 0.6) is 11.5 Å². The van der Waals surface area contributed by atoms with Crippen molar-refractivity contribution in [3.05, 3.63) is 92.0 Å². The lowest BCUT2D eigenvalue weighted by molar-refractivity contribution is -0.127. The second-order valence-corrected chi connectivity index (χ2v) is 10.3. The maximum Gasteiger partial charge on any atom is 0.294 e. The molecule has 0 aromatic heterocycles. The second kappa shape index (κ2) is 12.5. The number of benzene rings is 3. The highest BCUT2D eigenvalue weighted by atomic mass is 79.9. The minimum absolute atomic E-state index is 0.0355. The summed E-state index contributed by atoms with van der Waals surface area (Å²) >= 11 is 10.2. The van der Waals surface area contributed by atoms with E-state index in [0.29, 0.717) is 44.9 Å². The van der Waals surface area contributed by atoms with Gasteiger partial charge in [-0.15, -0.1) is 0 Å². The number of rotatable bonds is 9. The molecule has 1 fully saturated rings. The Kier molecular flexibility index (Phi) is 9.09. The molecule has 196 valence electrons. The van der Waals surface area contributed by atoms with Gasteiger partial charge in [0.25, 0.3) is 11.1 Å². The van der Waals surface area contributed by atoms with Gasteiger partial charge in [-0.2, -0.15) is 0 Å². The van der Waals surface area contributed by atoms with Gasteiger partial charge in [0, 0.05) is 5.02 Å². The first kappa shape index (κ1) is 27.7. The molecule has 0 atom stereocenters. The number of nitrogens with zero attached hydrogens (tertiary/aromatic N) is 1. The van der Waals surface area contributed by atoms with Gasteiger partial charge in [-0.3, -0.25) is 19.3 Å². The zero-order chi connectivity index (χ0) is 27.2. The lowest BCUT2D eigenvalue weighted by atomic mass is 10.1. The van der Waals surface area contributed by atoms with Crippen molar-refractivity contribution < 1.29 is 28.2 Å². The van der Waals surface area contributed by atoms with Crippen molar-refractivity contribution >= 4 is 68.1 Å². The van der Waals surface area contributed by atoms with E-state index < -0.39 is 29.4 Å². The fourth-order valence-corrected chi connectivity index (χ4v) is 5.03. The molecule has 3 aromatic carbocycles. The lowest BCUT2D eigenvalue weighted by Crippen LogP contribution is -2.36. The van der Waals surface area contributed by atoms with Gasteiger partial charge < -0.3 is 14.8 Å². The third-order valence-corrected chi connectivity index (χ3v) is 7.00. The second-order valence-electron chi connectivity index (χ2n) is 7.97. The summed E-state index contributed by atoms with van der Waals surface area (Å²) in [6, 6.07) is 16.3. The summed E-state index contributed by atoms with van der Waals surface area (Å²) < 4.78 is 26.2. The highest BCUT2D eigenvalue weighted by Gasteiger charge is 2.36. The molecule has 4 rings (SSSR count). The first-order valence-electron chi connectivity index (χ1n) is 11.4. The summed E-state index contributed by atoms with van der Waals surface area (Å²) in [6.45, 7) is 1.95. The topological polar surface area (TPSA) is 84.9 Å². The predicted molar refractivity (Wildman–Crippen MR) is 149 cm³/mol. The van der Waals surface area contributed by atoms with E-state index >= 15 is 0 Å². The van der Waals surface area contributed by atoms with Crippen LogP contribution >= 0.6 is 39.3 Å². The van der Waals surface area contributed by atoms with Crippen LogP contribution in [0.15, 0.2) is 70.0 Å². The number of imide groups is 1. The molecule has 0 bridgehead atoms. The summed E-state index contributed by atoms with van der Waals surface area (Å²) in [6.07, 6.45) is 1.54. The maximum atomic E-state index is 13.8. The molecule has 0 spiro atoms. The summed E-state index contributed by atoms with van der Waals surface area (Å²) in [7, 11) is 0. The normalized spacial score (nSPS) is 14.2. The zero-order valence-electron chi connectivity index (χ0n) is 20.0. The molecule has 0 saturated carbocycles. The molecular formula is C27H21BrClFN2O5S. The van der Waals surface area contributed by atoms with Gasteiger partial charge in [-0.05, 0) is 88.2 Å². The standard InChI is InChI=1S/C27H21BrClFN2O5S/c1-2-36-22-12-17(11-19(28)25(22)37-15-16-7-9-18(29)10-8-16)13-23-26(34)32(27(35)38-23)14-24(33)31-21-6-4-3-5-20(21)30/h3-13H,2,14-15H2,1H3,(H,31,33)/b23-13-. The average Bonchev–Trinajstić information content (AvgIpc) is 3.13. The van der Waals surface area contributed by atoms with E-state index in [9.17, 15) is 18.8 Å². The molecule has 1 aliphatic heterocycles. The van der Waals surface area contributed by atoms with Gasteiger partial charge in [0.2, 0.25) is 5.91 Å². The number of carbonyl (C=O) groups is 3. The summed E-state index contributed by atoms with van der Waals surface area (Å²) in [5.41, 5.74) is 1.47. The van der Waals surface area contributed by atoms with Crippen LogP contribution in [0.4, 0.5) is 14.9 Å². The third kappa shape index (κ3) is 6.75. The first-order chi connectivity index (χ1) is 18.2. The summed E-state index contributed by atoms with van der Waals surface area (Å²) in [4.78, 5) is 38.7. The van der Waals surface area contributed by atoms with E-state index in [2.05, 4.69) is 21.2 Å². The van der Waals surface area contributed by atoms with E-state index in [4.69, 9.17) is 21.1 Å². The van der Waals surface area contributed by atoms with Crippen molar-refractivity contribution in [2.45, 2.75) is 13.5 Å². The Balaban J connectivity index is 1.49. The molecule has 11 heteroatoms. The zero-order valence-corrected chi connectivity index (χ0v) is 23.2. The van der Waals surface area contributed by atoms with Crippen LogP contribution < -0.4 is 14.8 Å². The van der Waals surface area contributed by atoms with Crippen molar-refractivity contribution in [1.82, 2.24) is 4.90 Å². The summed E-state index contributed by atoms with van der Waals surface area (Å²) in [5.74, 6) is -1.00. The Hall–Kier alpha value is -3.34. The van der Waals surface area contributed by atoms with Gasteiger partial charge in [-0.25, -0.2) is 4.39 Å². The Labute approximate surface area is 236 Å². The van der Waals surface area contributed by atoms with Crippen LogP contribution in [0.25, 0.3) is 6.08 Å². The highest BCUT2D eigenvalue weighted by Crippen LogP contribution is 2.39. The molecule has 1 saturated heterocycles. The molecule has 1 N–H and O–H groups in total. The molecule has 3 amide bonds. The number of hydrogen-bond acceptors (Lipinski definition) is 6. The van der Waals surface area contributed by atoms with Gasteiger partial charge in [-0.1, -0.05) is 35.9 Å². The minimum atomic E-state index is -0.692. The lowest BCUT2D eigenvalue weighted by Gasteiger charge is -2.15. The number of halogens is 3. The number of amides is 3. The molecule has 38 heavy (non-hydrogen) atoms. The smallest absolute Gasteiger partial charge is 0.294 e. The van der Waals surface area contributed by atoms with Crippen LogP contribution in [0.2, 0.25) is 5.02 Å². The highest BCUT2D eigenvalue weighted by molar-refractivity contribution is 9.10. The fraction of sp³-hybridized carbons (Fsp3) is 0.148. The van der Waals surface area contributed by atoms with E-state index in [-0.39, 0.29) is 17.2 Å². The first-order valence-corrected chi connectivity index (χ1v) is 13.4. The Morgan fingerprint density at radius 3 is 2.58 bits per heavy atom. The molecule has 0 unspecified atom stereocenters. The maximum absolute atomic E-state index is 13.8. The largest absolute Gasteiger partial charge is 0.490 e. The van der Waals surface area contributed by atoms with Gasteiger partial charge in [0.1, 0.15) is 19.0 Å². The van der Waals surface area contributed by atoms with Crippen LogP contribution in [-0.4, -0.2) is 35.1 Å². The van der Waals surface area contributed by atoms with Crippen LogP contribution in [-0.2, 0) is 16.2 Å². The van der Waals surface area contributed by atoms with Crippen molar-refractivity contribution in [3.63, 3.8) is 0 Å². The Morgan fingerprint density at radius 2 is 1.87 bits per heavy atom. The molecule has 0 aliphatic carbocycles. The van der Waals surface area contributed by atoms with Crippen molar-refractivity contribution in [1.29, 1.82) is 0 Å². The van der Waals surface area contributed by atoms with E-state index in [1.807, 2.05) is 19.1 Å². The Bertz CT molecular complexity index is 1420. The number of para-hydroxylation sites is 1. The van der Waals surface area contributed by atoms with Gasteiger partial charge in [0.05, 0.1) is 21.7 Å².